The molecule has 0 aliphatic carbocycles. The molecule has 1 aliphatic rings. The van der Waals surface area contributed by atoms with Crippen LogP contribution in [0.1, 0.15) is 36.4 Å². The fourth-order valence-electron chi connectivity index (χ4n) is 1.63. The second kappa shape index (κ2) is 4.38. The van der Waals surface area contributed by atoms with Crippen LogP contribution in [0.4, 0.5) is 0 Å². The molecule has 0 amide bonds. The van der Waals surface area contributed by atoms with Gasteiger partial charge < -0.3 is 5.32 Å². The monoisotopic (exact) mass is 178 g/mol. The van der Waals surface area contributed by atoms with Crippen molar-refractivity contribution < 1.29 is 0 Å². The van der Waals surface area contributed by atoms with E-state index in [9.17, 15) is 0 Å². The van der Waals surface area contributed by atoms with E-state index in [0.29, 0.717) is 0 Å². The summed E-state index contributed by atoms with van der Waals surface area (Å²) < 4.78 is 0. The SMILES string of the molecule is CC.Cc1cc(C)c2c(n1)CNC2. The van der Waals surface area contributed by atoms with Crippen LogP contribution in [0.2, 0.25) is 0 Å². The van der Waals surface area contributed by atoms with Crippen molar-refractivity contribution in [2.24, 2.45) is 0 Å². The number of fused-ring (bicyclic) bond motifs is 1. The normalized spacial score (nSPS) is 13.2. The fraction of sp³-hybridized carbons (Fsp3) is 0.545. The van der Waals surface area contributed by atoms with E-state index in [-0.39, 0.29) is 0 Å². The lowest BCUT2D eigenvalue weighted by molar-refractivity contribution is 0.756. The Morgan fingerprint density at radius 2 is 1.92 bits per heavy atom. The number of aryl methyl sites for hydroxylation is 2. The molecule has 1 aromatic rings. The minimum Gasteiger partial charge on any atom is -0.307 e. The summed E-state index contributed by atoms with van der Waals surface area (Å²) in [6.45, 7) is 10.1. The van der Waals surface area contributed by atoms with Crippen LogP contribution < -0.4 is 5.32 Å². The van der Waals surface area contributed by atoms with Crippen molar-refractivity contribution in [2.45, 2.75) is 40.8 Å². The average Bonchev–Trinajstić information content (AvgIpc) is 2.55. The summed E-state index contributed by atoms with van der Waals surface area (Å²) in [4.78, 5) is 4.45. The molecule has 0 aromatic carbocycles. The third kappa shape index (κ3) is 2.07. The molecule has 0 radical (unpaired) electrons. The molecule has 72 valence electrons. The van der Waals surface area contributed by atoms with E-state index in [1.807, 2.05) is 20.8 Å². The molecule has 0 fully saturated rings. The Labute approximate surface area is 80.4 Å². The van der Waals surface area contributed by atoms with E-state index in [0.717, 1.165) is 18.8 Å². The lowest BCUT2D eigenvalue weighted by Gasteiger charge is -2.02. The maximum absolute atomic E-state index is 4.45. The molecule has 1 aromatic heterocycles. The maximum atomic E-state index is 4.45. The average molecular weight is 178 g/mol. The topological polar surface area (TPSA) is 24.9 Å². The van der Waals surface area contributed by atoms with Crippen LogP contribution in [0.3, 0.4) is 0 Å². The van der Waals surface area contributed by atoms with Crippen molar-refractivity contribution in [3.8, 4) is 0 Å². The van der Waals surface area contributed by atoms with Gasteiger partial charge in [-0.05, 0) is 31.0 Å². The summed E-state index contributed by atoms with van der Waals surface area (Å²) >= 11 is 0. The molecule has 0 spiro atoms. The first-order chi connectivity index (χ1) is 6.27. The third-order valence-electron chi connectivity index (χ3n) is 2.16. The highest BCUT2D eigenvalue weighted by Gasteiger charge is 2.13. The zero-order valence-corrected chi connectivity index (χ0v) is 8.94. The van der Waals surface area contributed by atoms with Gasteiger partial charge in [-0.1, -0.05) is 13.8 Å². The van der Waals surface area contributed by atoms with E-state index in [4.69, 9.17) is 0 Å². The number of nitrogens with one attached hydrogen (secondary N) is 1. The van der Waals surface area contributed by atoms with Gasteiger partial charge >= 0.3 is 0 Å². The van der Waals surface area contributed by atoms with Gasteiger partial charge in [0, 0.05) is 18.8 Å². The summed E-state index contributed by atoms with van der Waals surface area (Å²) in [5.74, 6) is 0. The van der Waals surface area contributed by atoms with Gasteiger partial charge in [-0.3, -0.25) is 4.98 Å². The number of rotatable bonds is 0. The number of pyridine rings is 1. The van der Waals surface area contributed by atoms with E-state index in [1.54, 1.807) is 0 Å². The Morgan fingerprint density at radius 1 is 1.23 bits per heavy atom. The van der Waals surface area contributed by atoms with Crippen LogP contribution in [-0.4, -0.2) is 4.98 Å². The lowest BCUT2D eigenvalue weighted by atomic mass is 10.1. The summed E-state index contributed by atoms with van der Waals surface area (Å²) in [5, 5.41) is 3.29. The number of hydrogen-bond acceptors (Lipinski definition) is 2. The molecule has 2 rings (SSSR count). The van der Waals surface area contributed by atoms with Crippen LogP contribution in [0, 0.1) is 13.8 Å². The summed E-state index contributed by atoms with van der Waals surface area (Å²) in [6, 6.07) is 2.14. The molecule has 1 aliphatic heterocycles. The fourth-order valence-corrected chi connectivity index (χ4v) is 1.63. The Bertz CT molecular complexity index is 292. The molecule has 2 heterocycles. The van der Waals surface area contributed by atoms with Gasteiger partial charge in [-0.2, -0.15) is 0 Å². The van der Waals surface area contributed by atoms with Gasteiger partial charge in [0.2, 0.25) is 0 Å². The van der Waals surface area contributed by atoms with Gasteiger partial charge in [0.25, 0.3) is 0 Å². The second-order valence-corrected chi connectivity index (χ2v) is 3.11. The van der Waals surface area contributed by atoms with Gasteiger partial charge in [-0.25, -0.2) is 0 Å². The largest absolute Gasteiger partial charge is 0.307 e. The van der Waals surface area contributed by atoms with Crippen LogP contribution in [0.25, 0.3) is 0 Å². The standard InChI is InChI=1S/C9H12N2.C2H6/c1-6-3-7(2)11-9-5-10-4-8(6)9;1-2/h3,10H,4-5H2,1-2H3;1-2H3. The lowest BCUT2D eigenvalue weighted by Crippen LogP contribution is -2.00. The predicted octanol–water partition coefficient (Wildman–Crippen LogP) is 2.33. The smallest absolute Gasteiger partial charge is 0.0592 e. The zero-order chi connectivity index (χ0) is 9.84. The van der Waals surface area contributed by atoms with Crippen LogP contribution in [-0.2, 0) is 13.1 Å². The van der Waals surface area contributed by atoms with E-state index in [2.05, 4.69) is 23.3 Å². The second-order valence-electron chi connectivity index (χ2n) is 3.11. The molecular formula is C11H18N2. The molecule has 2 nitrogen and oxygen atoms in total. The van der Waals surface area contributed by atoms with Crippen molar-refractivity contribution in [2.75, 3.05) is 0 Å². The molecule has 0 bridgehead atoms. The molecular weight excluding hydrogens is 160 g/mol. The van der Waals surface area contributed by atoms with E-state index in [1.165, 1.54) is 16.8 Å². The number of aromatic nitrogens is 1. The quantitative estimate of drug-likeness (QED) is 0.659. The summed E-state index contributed by atoms with van der Waals surface area (Å²) in [5.41, 5.74) is 5.14. The van der Waals surface area contributed by atoms with Gasteiger partial charge in [0.1, 0.15) is 0 Å². The Balaban J connectivity index is 0.000000396. The molecule has 0 saturated carbocycles. The first-order valence-electron chi connectivity index (χ1n) is 4.94. The van der Waals surface area contributed by atoms with Crippen LogP contribution >= 0.6 is 0 Å². The Kier molecular flexibility index (Phi) is 3.43. The zero-order valence-electron chi connectivity index (χ0n) is 8.94. The first kappa shape index (κ1) is 10.2. The molecule has 13 heavy (non-hydrogen) atoms. The molecule has 2 heteroatoms. The maximum Gasteiger partial charge on any atom is 0.0592 e. The van der Waals surface area contributed by atoms with Gasteiger partial charge in [-0.15, -0.1) is 0 Å². The summed E-state index contributed by atoms with van der Waals surface area (Å²) in [7, 11) is 0. The predicted molar refractivity (Wildman–Crippen MR) is 55.6 cm³/mol. The van der Waals surface area contributed by atoms with E-state index >= 15 is 0 Å². The highest BCUT2D eigenvalue weighted by molar-refractivity contribution is 5.33. The van der Waals surface area contributed by atoms with Crippen LogP contribution in [0.15, 0.2) is 6.07 Å². The minimum atomic E-state index is 0.942. The van der Waals surface area contributed by atoms with Crippen molar-refractivity contribution in [3.05, 3.63) is 28.6 Å². The van der Waals surface area contributed by atoms with Gasteiger partial charge in [0.05, 0.1) is 5.69 Å². The Morgan fingerprint density at radius 3 is 2.62 bits per heavy atom. The van der Waals surface area contributed by atoms with Crippen molar-refractivity contribution in [1.82, 2.24) is 10.3 Å². The van der Waals surface area contributed by atoms with Crippen LogP contribution in [0.5, 0.6) is 0 Å². The number of nitrogens with zero attached hydrogens (tertiary/aromatic N) is 1. The molecule has 1 N–H and O–H groups in total. The Hall–Kier alpha value is -0.890. The van der Waals surface area contributed by atoms with Gasteiger partial charge in [0.15, 0.2) is 0 Å². The highest BCUT2D eigenvalue weighted by Crippen LogP contribution is 2.17. The van der Waals surface area contributed by atoms with E-state index < -0.39 is 0 Å². The molecule has 0 unspecified atom stereocenters. The third-order valence-corrected chi connectivity index (χ3v) is 2.16. The first-order valence-corrected chi connectivity index (χ1v) is 4.94. The summed E-state index contributed by atoms with van der Waals surface area (Å²) in [6.07, 6.45) is 0. The van der Waals surface area contributed by atoms with Crippen molar-refractivity contribution in [1.29, 1.82) is 0 Å². The van der Waals surface area contributed by atoms with Crippen molar-refractivity contribution >= 4 is 0 Å². The van der Waals surface area contributed by atoms with Crippen molar-refractivity contribution in [3.63, 3.8) is 0 Å². The minimum absolute atomic E-state index is 0.942. The molecule has 0 atom stereocenters. The number of hydrogen-bond donors (Lipinski definition) is 1. The highest BCUT2D eigenvalue weighted by atomic mass is 14.9. The molecule has 0 saturated heterocycles.